The predicted octanol–water partition coefficient (Wildman–Crippen LogP) is 4.57. The topological polar surface area (TPSA) is 57.2 Å². The molecular weight excluding hydrogens is 319 g/mol. The minimum Gasteiger partial charge on any atom is -0.487 e. The third-order valence-corrected chi connectivity index (χ3v) is 3.46. The Morgan fingerprint density at radius 2 is 1.96 bits per heavy atom. The van der Waals surface area contributed by atoms with E-state index in [1.165, 1.54) is 12.1 Å². The average molecular weight is 344 g/mol. The van der Waals surface area contributed by atoms with E-state index in [-0.39, 0.29) is 12.4 Å². The number of aromatic nitrogens is 1. The zero-order valence-electron chi connectivity index (χ0n) is 15.2. The zero-order chi connectivity index (χ0) is 19.0. The van der Waals surface area contributed by atoms with E-state index in [4.69, 9.17) is 10.5 Å². The van der Waals surface area contributed by atoms with E-state index in [0.29, 0.717) is 17.0 Å². The van der Waals surface area contributed by atoms with Gasteiger partial charge in [-0.2, -0.15) is 0 Å². The maximum absolute atomic E-state index is 13.6. The van der Waals surface area contributed by atoms with E-state index in [2.05, 4.69) is 6.58 Å². The molecular formula is C20H25FN2O2. The number of carbonyl (C=O) groups excluding carboxylic acids is 1. The molecule has 25 heavy (non-hydrogen) atoms. The van der Waals surface area contributed by atoms with Crippen LogP contribution >= 0.6 is 0 Å². The number of amides is 1. The molecule has 134 valence electrons. The lowest BCUT2D eigenvalue weighted by Gasteiger charge is -2.10. The summed E-state index contributed by atoms with van der Waals surface area (Å²) in [5.41, 5.74) is 7.87. The Balaban J connectivity index is 0.00000151. The normalized spacial score (nSPS) is 10.7. The summed E-state index contributed by atoms with van der Waals surface area (Å²) in [7, 11) is 0. The van der Waals surface area contributed by atoms with Gasteiger partial charge in [-0.05, 0) is 37.6 Å². The third-order valence-electron chi connectivity index (χ3n) is 3.46. The lowest BCUT2D eigenvalue weighted by Crippen LogP contribution is -2.16. The molecule has 2 N–H and O–H groups in total. The number of ether oxygens (including phenoxy) is 1. The Bertz CT molecular complexity index is 776. The highest BCUT2D eigenvalue weighted by molar-refractivity contribution is 5.93. The Hall–Kier alpha value is -2.82. The third kappa shape index (κ3) is 5.08. The van der Waals surface area contributed by atoms with Crippen molar-refractivity contribution in [2.45, 2.75) is 34.3 Å². The van der Waals surface area contributed by atoms with Gasteiger partial charge in [0.1, 0.15) is 23.9 Å². The van der Waals surface area contributed by atoms with Crippen LogP contribution in [0.15, 0.2) is 48.7 Å². The quantitative estimate of drug-likeness (QED) is 0.616. The summed E-state index contributed by atoms with van der Waals surface area (Å²) in [6, 6.07) is 8.24. The standard InChI is InChI=1S/C18H19FN2O2.C2H6/c1-4-15(23-11-14-7-5-6-8-16(14)19)10-21-13(3)9-12(2)17(21)18(20)22;1-2/h4-10H,1,11H2,2-3H3,(H2,20,22);1-2H3/b15-10+;. The van der Waals surface area contributed by atoms with Crippen LogP contribution in [0.25, 0.3) is 6.20 Å². The molecule has 0 aliphatic carbocycles. The number of benzene rings is 1. The maximum atomic E-state index is 13.6. The SMILES string of the molecule is C=C/C(=C\n1c(C)cc(C)c1C(N)=O)OCc1ccccc1F.CC. The van der Waals surface area contributed by atoms with Crippen molar-refractivity contribution < 1.29 is 13.9 Å². The van der Waals surface area contributed by atoms with Crippen molar-refractivity contribution in [3.8, 4) is 0 Å². The molecule has 4 nitrogen and oxygen atoms in total. The predicted molar refractivity (Wildman–Crippen MR) is 99.4 cm³/mol. The number of halogens is 1. The van der Waals surface area contributed by atoms with Crippen molar-refractivity contribution in [2.75, 3.05) is 0 Å². The molecule has 0 bridgehead atoms. The van der Waals surface area contributed by atoms with Gasteiger partial charge in [-0.1, -0.05) is 38.6 Å². The van der Waals surface area contributed by atoms with Gasteiger partial charge in [0.15, 0.2) is 0 Å². The van der Waals surface area contributed by atoms with Crippen LogP contribution in [0.3, 0.4) is 0 Å². The van der Waals surface area contributed by atoms with Crippen LogP contribution in [0.2, 0.25) is 0 Å². The van der Waals surface area contributed by atoms with Gasteiger partial charge in [-0.15, -0.1) is 0 Å². The second-order valence-electron chi connectivity index (χ2n) is 5.17. The fraction of sp³-hybridized carbons (Fsp3) is 0.250. The van der Waals surface area contributed by atoms with Gasteiger partial charge in [0, 0.05) is 11.3 Å². The first-order valence-electron chi connectivity index (χ1n) is 8.12. The Labute approximate surface area is 148 Å². The molecule has 0 atom stereocenters. The summed E-state index contributed by atoms with van der Waals surface area (Å²) < 4.78 is 20.9. The molecule has 0 fully saturated rings. The van der Waals surface area contributed by atoms with Crippen molar-refractivity contribution in [1.82, 2.24) is 4.57 Å². The number of rotatable bonds is 6. The summed E-state index contributed by atoms with van der Waals surface area (Å²) >= 11 is 0. The molecule has 5 heteroatoms. The molecule has 1 heterocycles. The molecule has 1 aromatic carbocycles. The number of hydrogen-bond donors (Lipinski definition) is 1. The van der Waals surface area contributed by atoms with E-state index in [9.17, 15) is 9.18 Å². The largest absolute Gasteiger partial charge is 0.487 e. The van der Waals surface area contributed by atoms with Crippen LogP contribution in [0, 0.1) is 19.7 Å². The number of primary amides is 1. The van der Waals surface area contributed by atoms with Crippen LogP contribution < -0.4 is 5.73 Å². The lowest BCUT2D eigenvalue weighted by molar-refractivity contribution is 0.0993. The van der Waals surface area contributed by atoms with Crippen LogP contribution in [0.4, 0.5) is 4.39 Å². The highest BCUT2D eigenvalue weighted by Gasteiger charge is 2.14. The second-order valence-corrected chi connectivity index (χ2v) is 5.17. The van der Waals surface area contributed by atoms with E-state index >= 15 is 0 Å². The molecule has 0 spiro atoms. The lowest BCUT2D eigenvalue weighted by atomic mass is 10.2. The van der Waals surface area contributed by atoms with E-state index in [1.54, 1.807) is 29.0 Å². The molecule has 0 saturated heterocycles. The number of aryl methyl sites for hydroxylation is 2. The number of allylic oxidation sites excluding steroid dienone is 1. The fourth-order valence-corrected chi connectivity index (χ4v) is 2.35. The molecule has 0 unspecified atom stereocenters. The van der Waals surface area contributed by atoms with Gasteiger partial charge < -0.3 is 15.0 Å². The summed E-state index contributed by atoms with van der Waals surface area (Å²) in [6.07, 6.45) is 3.12. The number of nitrogens with zero attached hydrogens (tertiary/aromatic N) is 1. The van der Waals surface area contributed by atoms with Crippen molar-refractivity contribution >= 4 is 12.1 Å². The molecule has 1 aromatic heterocycles. The van der Waals surface area contributed by atoms with Gasteiger partial charge in [-0.25, -0.2) is 4.39 Å². The molecule has 2 aromatic rings. The highest BCUT2D eigenvalue weighted by atomic mass is 19.1. The summed E-state index contributed by atoms with van der Waals surface area (Å²) in [5.74, 6) is -0.444. The molecule has 0 saturated carbocycles. The monoisotopic (exact) mass is 344 g/mol. The minimum absolute atomic E-state index is 0.0652. The van der Waals surface area contributed by atoms with Crippen LogP contribution in [0.1, 0.15) is 41.2 Å². The minimum atomic E-state index is -0.524. The van der Waals surface area contributed by atoms with Gasteiger partial charge >= 0.3 is 0 Å². The second kappa shape index (κ2) is 9.47. The molecule has 0 aliphatic heterocycles. The van der Waals surface area contributed by atoms with Crippen molar-refractivity contribution in [3.05, 3.63) is 77.1 Å². The highest BCUT2D eigenvalue weighted by Crippen LogP contribution is 2.18. The first-order chi connectivity index (χ1) is 11.9. The first kappa shape index (κ1) is 20.2. The van der Waals surface area contributed by atoms with Gasteiger partial charge in [0.2, 0.25) is 0 Å². The van der Waals surface area contributed by atoms with Gasteiger partial charge in [-0.3, -0.25) is 4.79 Å². The average Bonchev–Trinajstić information content (AvgIpc) is 2.88. The van der Waals surface area contributed by atoms with E-state index in [0.717, 1.165) is 11.3 Å². The van der Waals surface area contributed by atoms with Crippen LogP contribution in [-0.2, 0) is 11.3 Å². The van der Waals surface area contributed by atoms with Crippen LogP contribution in [-0.4, -0.2) is 10.5 Å². The van der Waals surface area contributed by atoms with Crippen molar-refractivity contribution in [2.24, 2.45) is 5.73 Å². The van der Waals surface area contributed by atoms with E-state index < -0.39 is 5.91 Å². The van der Waals surface area contributed by atoms with E-state index in [1.807, 2.05) is 33.8 Å². The Kier molecular flexibility index (Phi) is 7.66. The fourth-order valence-electron chi connectivity index (χ4n) is 2.35. The summed E-state index contributed by atoms with van der Waals surface area (Å²) in [6.45, 7) is 11.4. The molecule has 0 radical (unpaired) electrons. The summed E-state index contributed by atoms with van der Waals surface area (Å²) in [5, 5.41) is 0. The Morgan fingerprint density at radius 3 is 2.52 bits per heavy atom. The first-order valence-corrected chi connectivity index (χ1v) is 8.12. The summed E-state index contributed by atoms with van der Waals surface area (Å²) in [4.78, 5) is 11.6. The van der Waals surface area contributed by atoms with Gasteiger partial charge in [0.05, 0.1) is 6.20 Å². The van der Waals surface area contributed by atoms with Gasteiger partial charge in [0.25, 0.3) is 5.91 Å². The Morgan fingerprint density at radius 1 is 1.32 bits per heavy atom. The van der Waals surface area contributed by atoms with Crippen molar-refractivity contribution in [1.29, 1.82) is 0 Å². The smallest absolute Gasteiger partial charge is 0.265 e. The molecule has 0 aliphatic rings. The molecule has 1 amide bonds. The number of nitrogens with two attached hydrogens (primary N) is 1. The maximum Gasteiger partial charge on any atom is 0.265 e. The van der Waals surface area contributed by atoms with Crippen LogP contribution in [0.5, 0.6) is 0 Å². The van der Waals surface area contributed by atoms with Crippen molar-refractivity contribution in [3.63, 3.8) is 0 Å². The number of carbonyl (C=O) groups is 1. The zero-order valence-corrected chi connectivity index (χ0v) is 15.2. The molecule has 2 rings (SSSR count). The number of hydrogen-bond acceptors (Lipinski definition) is 2.